The highest BCUT2D eigenvalue weighted by Crippen LogP contribution is 2.25. The number of benzene rings is 2. The first-order valence-corrected chi connectivity index (χ1v) is 11.0. The van der Waals surface area contributed by atoms with Crippen LogP contribution in [0.1, 0.15) is 36.0 Å². The molecule has 2 aromatic carbocycles. The van der Waals surface area contributed by atoms with Crippen LogP contribution in [0, 0.1) is 0 Å². The van der Waals surface area contributed by atoms with Gasteiger partial charge >= 0.3 is 0 Å². The molecule has 150 valence electrons. The molecule has 28 heavy (non-hydrogen) atoms. The second-order valence-electron chi connectivity index (χ2n) is 6.64. The monoisotopic (exact) mass is 422 g/mol. The summed E-state index contributed by atoms with van der Waals surface area (Å²) in [6.45, 7) is 1.10. The first-order chi connectivity index (χ1) is 13.4. The molecule has 1 fully saturated rings. The number of halogens is 1. The molecule has 1 heterocycles. The fourth-order valence-corrected chi connectivity index (χ4v) is 4.89. The van der Waals surface area contributed by atoms with Gasteiger partial charge in [-0.1, -0.05) is 24.4 Å². The molecule has 2 aromatic rings. The largest absolute Gasteiger partial charge is 0.496 e. The number of carbonyl (C=O) groups excluding carboxylic acids is 1. The standard InChI is InChI=1S/C20H23ClN2O4S/c1-27-19-11-6-15(21)14-18(19)20(24)22-16-7-9-17(10-8-16)28(25,26)23-12-4-2-3-5-13-23/h6-11,14H,2-5,12-13H2,1H3,(H,22,24). The lowest BCUT2D eigenvalue weighted by Crippen LogP contribution is -2.31. The van der Waals surface area contributed by atoms with Gasteiger partial charge in [0, 0.05) is 23.8 Å². The fraction of sp³-hybridized carbons (Fsp3) is 0.350. The number of hydrogen-bond donors (Lipinski definition) is 1. The minimum absolute atomic E-state index is 0.229. The van der Waals surface area contributed by atoms with Crippen LogP contribution in [0.25, 0.3) is 0 Å². The number of hydrogen-bond acceptors (Lipinski definition) is 4. The van der Waals surface area contributed by atoms with Gasteiger partial charge in [0.05, 0.1) is 17.6 Å². The van der Waals surface area contributed by atoms with Crippen molar-refractivity contribution >= 4 is 33.2 Å². The Morgan fingerprint density at radius 2 is 1.68 bits per heavy atom. The van der Waals surface area contributed by atoms with Gasteiger partial charge < -0.3 is 10.1 Å². The first kappa shape index (κ1) is 20.6. The van der Waals surface area contributed by atoms with E-state index in [2.05, 4.69) is 5.32 Å². The van der Waals surface area contributed by atoms with E-state index in [1.807, 2.05) is 0 Å². The topological polar surface area (TPSA) is 75.7 Å². The maximum Gasteiger partial charge on any atom is 0.259 e. The Hall–Kier alpha value is -2.09. The highest BCUT2D eigenvalue weighted by atomic mass is 35.5. The van der Waals surface area contributed by atoms with Crippen molar-refractivity contribution < 1.29 is 17.9 Å². The Morgan fingerprint density at radius 1 is 1.04 bits per heavy atom. The van der Waals surface area contributed by atoms with Gasteiger partial charge in [0.15, 0.2) is 0 Å². The third kappa shape index (κ3) is 4.66. The molecule has 3 rings (SSSR count). The number of sulfonamides is 1. The van der Waals surface area contributed by atoms with E-state index in [1.165, 1.54) is 25.3 Å². The zero-order chi connectivity index (χ0) is 20.1. The van der Waals surface area contributed by atoms with E-state index in [1.54, 1.807) is 28.6 Å². The molecule has 0 atom stereocenters. The van der Waals surface area contributed by atoms with Gasteiger partial charge in [-0.2, -0.15) is 4.31 Å². The Kier molecular flexibility index (Phi) is 6.59. The van der Waals surface area contributed by atoms with Crippen molar-refractivity contribution in [1.82, 2.24) is 4.31 Å². The van der Waals surface area contributed by atoms with Crippen LogP contribution in [0.2, 0.25) is 5.02 Å². The number of carbonyl (C=O) groups is 1. The SMILES string of the molecule is COc1ccc(Cl)cc1C(=O)Nc1ccc(S(=O)(=O)N2CCCCCC2)cc1. The van der Waals surface area contributed by atoms with Crippen LogP contribution in [0.15, 0.2) is 47.4 Å². The minimum Gasteiger partial charge on any atom is -0.496 e. The van der Waals surface area contributed by atoms with Crippen LogP contribution < -0.4 is 10.1 Å². The lowest BCUT2D eigenvalue weighted by Gasteiger charge is -2.20. The van der Waals surface area contributed by atoms with Crippen LogP contribution in [0.4, 0.5) is 5.69 Å². The van der Waals surface area contributed by atoms with Gasteiger partial charge in [0.2, 0.25) is 10.0 Å². The average Bonchev–Trinajstić information content (AvgIpc) is 2.98. The van der Waals surface area contributed by atoms with Crippen molar-refractivity contribution in [1.29, 1.82) is 0 Å². The smallest absolute Gasteiger partial charge is 0.259 e. The number of methoxy groups -OCH3 is 1. The summed E-state index contributed by atoms with van der Waals surface area (Å²) in [4.78, 5) is 12.8. The van der Waals surface area contributed by atoms with E-state index >= 15 is 0 Å². The Bertz CT molecular complexity index is 937. The quantitative estimate of drug-likeness (QED) is 0.784. The molecule has 0 radical (unpaired) electrons. The van der Waals surface area contributed by atoms with Crippen molar-refractivity contribution in [2.24, 2.45) is 0 Å². The van der Waals surface area contributed by atoms with E-state index in [9.17, 15) is 13.2 Å². The highest BCUT2D eigenvalue weighted by molar-refractivity contribution is 7.89. The van der Waals surface area contributed by atoms with Gasteiger partial charge in [0.25, 0.3) is 5.91 Å². The van der Waals surface area contributed by atoms with Crippen LogP contribution in [0.3, 0.4) is 0 Å². The van der Waals surface area contributed by atoms with Crippen LogP contribution >= 0.6 is 11.6 Å². The first-order valence-electron chi connectivity index (χ1n) is 9.17. The number of ether oxygens (including phenoxy) is 1. The van der Waals surface area contributed by atoms with E-state index in [4.69, 9.17) is 16.3 Å². The van der Waals surface area contributed by atoms with Crippen molar-refractivity contribution in [3.8, 4) is 5.75 Å². The number of rotatable bonds is 5. The third-order valence-corrected chi connectivity index (χ3v) is 6.87. The van der Waals surface area contributed by atoms with E-state index in [0.717, 1.165) is 25.7 Å². The summed E-state index contributed by atoms with van der Waals surface area (Å²) in [7, 11) is -2.04. The molecule has 1 aliphatic heterocycles. The highest BCUT2D eigenvalue weighted by Gasteiger charge is 2.25. The van der Waals surface area contributed by atoms with Crippen molar-refractivity contribution in [2.45, 2.75) is 30.6 Å². The van der Waals surface area contributed by atoms with Gasteiger partial charge in [-0.3, -0.25) is 4.79 Å². The molecule has 1 aliphatic rings. The Balaban J connectivity index is 1.76. The molecule has 6 nitrogen and oxygen atoms in total. The Morgan fingerprint density at radius 3 is 2.29 bits per heavy atom. The molecule has 1 N–H and O–H groups in total. The zero-order valence-electron chi connectivity index (χ0n) is 15.7. The molecule has 0 aliphatic carbocycles. The summed E-state index contributed by atoms with van der Waals surface area (Å²) in [6, 6.07) is 11.0. The van der Waals surface area contributed by atoms with Gasteiger partial charge in [-0.05, 0) is 55.3 Å². The summed E-state index contributed by atoms with van der Waals surface area (Å²) < 4.78 is 32.4. The maximum atomic E-state index is 12.8. The summed E-state index contributed by atoms with van der Waals surface area (Å²) in [5.74, 6) is 0.0183. The molecule has 1 amide bonds. The van der Waals surface area contributed by atoms with Gasteiger partial charge in [0.1, 0.15) is 5.75 Å². The van der Waals surface area contributed by atoms with Crippen LogP contribution in [0.5, 0.6) is 5.75 Å². The summed E-state index contributed by atoms with van der Waals surface area (Å²) >= 11 is 5.97. The van der Waals surface area contributed by atoms with Crippen LogP contribution in [-0.4, -0.2) is 38.8 Å². The fourth-order valence-electron chi connectivity index (χ4n) is 3.20. The Labute approximate surface area is 170 Å². The zero-order valence-corrected chi connectivity index (χ0v) is 17.2. The predicted octanol–water partition coefficient (Wildman–Crippen LogP) is 4.17. The molecule has 0 aromatic heterocycles. The maximum absolute atomic E-state index is 12.8. The van der Waals surface area contributed by atoms with Crippen molar-refractivity contribution in [3.05, 3.63) is 53.1 Å². The normalized spacial score (nSPS) is 15.6. The average molecular weight is 423 g/mol. The van der Waals surface area contributed by atoms with Gasteiger partial charge in [-0.15, -0.1) is 0 Å². The summed E-state index contributed by atoms with van der Waals surface area (Å²) in [5, 5.41) is 3.16. The van der Waals surface area contributed by atoms with Crippen LogP contribution in [-0.2, 0) is 10.0 Å². The van der Waals surface area contributed by atoms with Crippen molar-refractivity contribution in [3.63, 3.8) is 0 Å². The molecule has 8 heteroatoms. The number of amides is 1. The third-order valence-electron chi connectivity index (χ3n) is 4.72. The van der Waals surface area contributed by atoms with E-state index in [0.29, 0.717) is 35.1 Å². The number of anilines is 1. The minimum atomic E-state index is -3.52. The van der Waals surface area contributed by atoms with E-state index < -0.39 is 10.0 Å². The second kappa shape index (κ2) is 8.94. The predicted molar refractivity (Wildman–Crippen MR) is 110 cm³/mol. The molecule has 1 saturated heterocycles. The molecule has 0 bridgehead atoms. The van der Waals surface area contributed by atoms with Crippen molar-refractivity contribution in [2.75, 3.05) is 25.5 Å². The number of nitrogens with zero attached hydrogens (tertiary/aromatic N) is 1. The summed E-state index contributed by atoms with van der Waals surface area (Å²) in [6.07, 6.45) is 3.89. The molecular formula is C20H23ClN2O4S. The molecular weight excluding hydrogens is 400 g/mol. The second-order valence-corrected chi connectivity index (χ2v) is 9.02. The summed E-state index contributed by atoms with van der Waals surface area (Å²) in [5.41, 5.74) is 0.790. The molecule has 0 saturated carbocycles. The molecule has 0 spiro atoms. The molecule has 0 unspecified atom stereocenters. The lowest BCUT2D eigenvalue weighted by atomic mass is 10.2. The number of nitrogens with one attached hydrogen (secondary N) is 1. The van der Waals surface area contributed by atoms with Gasteiger partial charge in [-0.25, -0.2) is 8.42 Å². The lowest BCUT2D eigenvalue weighted by molar-refractivity contribution is 0.102. The van der Waals surface area contributed by atoms with E-state index in [-0.39, 0.29) is 10.8 Å².